The fourth-order valence-electron chi connectivity index (χ4n) is 1.97. The topological polar surface area (TPSA) is 24.7 Å². The van der Waals surface area contributed by atoms with Gasteiger partial charge in [-0.15, -0.1) is 0 Å². The van der Waals surface area contributed by atoms with Crippen molar-refractivity contribution in [2.75, 3.05) is 37.7 Å². The van der Waals surface area contributed by atoms with E-state index < -0.39 is 0 Å². The molecule has 0 aliphatic rings. The van der Waals surface area contributed by atoms with Gasteiger partial charge >= 0.3 is 0 Å². The lowest BCUT2D eigenvalue weighted by Gasteiger charge is -2.18. The summed E-state index contributed by atoms with van der Waals surface area (Å²) in [4.78, 5) is 1.84. The molecule has 0 saturated heterocycles. The number of halogens is 1. The molecule has 0 fully saturated rings. The maximum Gasteiger partial charge on any atom is 0.0770 e. The first kappa shape index (κ1) is 26.5. The minimum atomic E-state index is 0. The Hall–Kier alpha value is 0.560. The van der Waals surface area contributed by atoms with E-state index in [9.17, 15) is 0 Å². The zero-order valence-electron chi connectivity index (χ0n) is 14.9. The van der Waals surface area contributed by atoms with Crippen molar-refractivity contribution in [3.05, 3.63) is 0 Å². The zero-order valence-corrected chi connectivity index (χ0v) is 16.5. The number of rotatable bonds is 13. The van der Waals surface area contributed by atoms with Crippen LogP contribution in [0.3, 0.4) is 0 Å². The van der Waals surface area contributed by atoms with Crippen molar-refractivity contribution < 1.29 is 22.4 Å². The molecule has 0 radical (unpaired) electrons. The molecule has 2 N–H and O–H groups in total. The third-order valence-corrected chi connectivity index (χ3v) is 4.40. The van der Waals surface area contributed by atoms with Gasteiger partial charge in [-0.3, -0.25) is 0 Å². The highest BCUT2D eigenvalue weighted by atomic mass is 35.5. The van der Waals surface area contributed by atoms with Gasteiger partial charge in [-0.25, -0.2) is 0 Å². The van der Waals surface area contributed by atoms with Crippen molar-refractivity contribution in [2.24, 2.45) is 0 Å². The van der Waals surface area contributed by atoms with E-state index in [2.05, 4.69) is 27.7 Å². The number of unbranched alkanes of at least 4 members (excludes halogenated alkanes) is 3. The summed E-state index contributed by atoms with van der Waals surface area (Å²) in [7, 11) is 0. The molecule has 0 aliphatic heterocycles. The average molecular weight is 342 g/mol. The van der Waals surface area contributed by atoms with E-state index >= 15 is 0 Å². The maximum atomic E-state index is 8.27. The number of hydrogen-bond acceptors (Lipinski definition) is 2. The molecule has 0 spiro atoms. The highest BCUT2D eigenvalue weighted by Crippen LogP contribution is 1.98. The van der Waals surface area contributed by atoms with E-state index in [1.165, 1.54) is 70.3 Å². The van der Waals surface area contributed by atoms with Crippen LogP contribution < -0.4 is 17.3 Å². The molecule has 0 saturated carbocycles. The lowest BCUT2D eigenvalue weighted by Crippen LogP contribution is -3.12. The third-order valence-electron chi connectivity index (χ3n) is 3.24. The molecule has 21 heavy (non-hydrogen) atoms. The molecule has 0 aromatic rings. The molecule has 0 atom stereocenters. The zero-order chi connectivity index (χ0) is 15.5. The molecule has 0 heterocycles. The van der Waals surface area contributed by atoms with Gasteiger partial charge in [0.1, 0.15) is 0 Å². The Kier molecular flexibility index (Phi) is 32.1. The fraction of sp³-hybridized carbons (Fsp3) is 1.00. The van der Waals surface area contributed by atoms with Crippen LogP contribution in [0, 0.1) is 0 Å². The predicted octanol–water partition coefficient (Wildman–Crippen LogP) is 0.398. The van der Waals surface area contributed by atoms with Gasteiger partial charge in [0.25, 0.3) is 0 Å². The first-order valence-electron chi connectivity index (χ1n) is 8.78. The largest absolute Gasteiger partial charge is 1.00 e. The molecule has 0 aliphatic carbocycles. The molecule has 0 aromatic carbocycles. The van der Waals surface area contributed by atoms with Gasteiger partial charge < -0.3 is 22.4 Å². The number of nitrogens with one attached hydrogen (secondary N) is 1. The van der Waals surface area contributed by atoms with Crippen molar-refractivity contribution in [1.29, 1.82) is 0 Å². The SMILES string of the molecule is CCCC[NH+](CCCC)CCCC.CCCSCCO.[Cl-]. The summed E-state index contributed by atoms with van der Waals surface area (Å²) in [5.41, 5.74) is 0. The van der Waals surface area contributed by atoms with Gasteiger partial charge in [-0.05, 0) is 31.4 Å². The van der Waals surface area contributed by atoms with Gasteiger partial charge in [0.15, 0.2) is 0 Å². The Morgan fingerprint density at radius 2 is 1.14 bits per heavy atom. The standard InChI is InChI=1S/C12H27N.C5H12OS.ClH/c1-4-7-10-13(11-8-5-2)12-9-6-3;1-2-4-7-5-3-6;/h4-12H2,1-3H3;6H,2-5H2,1H3;1H. The van der Waals surface area contributed by atoms with E-state index in [0.717, 1.165) is 5.75 Å². The van der Waals surface area contributed by atoms with Crippen LogP contribution in [-0.2, 0) is 0 Å². The molecule has 0 rings (SSSR count). The smallest absolute Gasteiger partial charge is 0.0770 e. The van der Waals surface area contributed by atoms with Crippen LogP contribution in [0.15, 0.2) is 0 Å². The number of aliphatic hydroxyl groups excluding tert-OH is 1. The van der Waals surface area contributed by atoms with Crippen LogP contribution in [0.2, 0.25) is 0 Å². The molecule has 4 heteroatoms. The van der Waals surface area contributed by atoms with Crippen LogP contribution >= 0.6 is 11.8 Å². The number of thioether (sulfide) groups is 1. The molecule has 2 nitrogen and oxygen atoms in total. The summed E-state index contributed by atoms with van der Waals surface area (Å²) < 4.78 is 0. The quantitative estimate of drug-likeness (QED) is 0.474. The van der Waals surface area contributed by atoms with Crippen LogP contribution in [0.1, 0.15) is 72.6 Å². The fourth-order valence-corrected chi connectivity index (χ4v) is 2.59. The second kappa shape index (κ2) is 25.5. The Labute approximate surface area is 144 Å². The lowest BCUT2D eigenvalue weighted by atomic mass is 10.2. The van der Waals surface area contributed by atoms with Crippen LogP contribution in [0.4, 0.5) is 0 Å². The minimum absolute atomic E-state index is 0. The highest BCUT2D eigenvalue weighted by molar-refractivity contribution is 7.99. The lowest BCUT2D eigenvalue weighted by molar-refractivity contribution is -0.900. The van der Waals surface area contributed by atoms with E-state index in [1.54, 1.807) is 11.8 Å². The van der Waals surface area contributed by atoms with E-state index in [-0.39, 0.29) is 12.4 Å². The van der Waals surface area contributed by atoms with Crippen molar-refractivity contribution in [3.63, 3.8) is 0 Å². The van der Waals surface area contributed by atoms with Gasteiger partial charge in [-0.1, -0.05) is 47.0 Å². The van der Waals surface area contributed by atoms with Gasteiger partial charge in [0, 0.05) is 5.75 Å². The third kappa shape index (κ3) is 25.8. The molecule has 0 aromatic heterocycles. The Bertz CT molecular complexity index is 139. The monoisotopic (exact) mass is 341 g/mol. The van der Waals surface area contributed by atoms with Gasteiger partial charge in [-0.2, -0.15) is 11.8 Å². The van der Waals surface area contributed by atoms with Gasteiger partial charge in [0.05, 0.1) is 26.2 Å². The normalized spacial score (nSPS) is 10.0. The summed E-state index contributed by atoms with van der Waals surface area (Å²) in [5, 5.41) is 8.27. The molecule has 0 bridgehead atoms. The molecule has 0 unspecified atom stereocenters. The Morgan fingerprint density at radius 1 is 0.714 bits per heavy atom. The van der Waals surface area contributed by atoms with Crippen LogP contribution in [-0.4, -0.2) is 42.9 Å². The summed E-state index contributed by atoms with van der Waals surface area (Å²) >= 11 is 1.80. The first-order valence-corrected chi connectivity index (χ1v) is 9.94. The second-order valence-corrected chi connectivity index (χ2v) is 6.62. The number of quaternary nitrogens is 1. The Balaban J connectivity index is -0.000000347. The van der Waals surface area contributed by atoms with Crippen molar-refractivity contribution in [3.8, 4) is 0 Å². The van der Waals surface area contributed by atoms with Crippen molar-refractivity contribution >= 4 is 11.8 Å². The van der Waals surface area contributed by atoms with Crippen molar-refractivity contribution in [2.45, 2.75) is 72.6 Å². The molecule has 132 valence electrons. The summed E-state index contributed by atoms with van der Waals surface area (Å²) in [6.45, 7) is 13.5. The predicted molar refractivity (Wildman–Crippen MR) is 95.0 cm³/mol. The number of hydrogen-bond donors (Lipinski definition) is 2. The van der Waals surface area contributed by atoms with Gasteiger partial charge in [0.2, 0.25) is 0 Å². The van der Waals surface area contributed by atoms with E-state index in [0.29, 0.717) is 6.61 Å². The molecular formula is C17H40ClNOS. The maximum absolute atomic E-state index is 8.27. The number of aliphatic hydroxyl groups is 1. The van der Waals surface area contributed by atoms with Crippen LogP contribution in [0.25, 0.3) is 0 Å². The second-order valence-electron chi connectivity index (χ2n) is 5.40. The first-order chi connectivity index (χ1) is 9.76. The summed E-state index contributed by atoms with van der Waals surface area (Å²) in [6, 6.07) is 0. The van der Waals surface area contributed by atoms with Crippen LogP contribution in [0.5, 0.6) is 0 Å². The summed E-state index contributed by atoms with van der Waals surface area (Å²) in [5.74, 6) is 2.08. The van der Waals surface area contributed by atoms with E-state index in [4.69, 9.17) is 5.11 Å². The average Bonchev–Trinajstić information content (AvgIpc) is 2.48. The molecule has 0 amide bonds. The minimum Gasteiger partial charge on any atom is -1.00 e. The summed E-state index contributed by atoms with van der Waals surface area (Å²) in [6.07, 6.45) is 9.48. The van der Waals surface area contributed by atoms with E-state index in [1.807, 2.05) is 4.90 Å². The van der Waals surface area contributed by atoms with Crippen molar-refractivity contribution in [1.82, 2.24) is 0 Å². The Morgan fingerprint density at radius 3 is 1.43 bits per heavy atom. The highest BCUT2D eigenvalue weighted by Gasteiger charge is 2.05. The molecular weight excluding hydrogens is 302 g/mol.